The van der Waals surface area contributed by atoms with Gasteiger partial charge in [-0.1, -0.05) is 44.5 Å². The highest BCUT2D eigenvalue weighted by molar-refractivity contribution is 5.41. The van der Waals surface area contributed by atoms with Gasteiger partial charge in [-0.25, -0.2) is 0 Å². The second kappa shape index (κ2) is 4.45. The third-order valence-corrected chi connectivity index (χ3v) is 4.19. The summed E-state index contributed by atoms with van der Waals surface area (Å²) in [6.45, 7) is 12.4. The Hall–Kier alpha value is -0.820. The van der Waals surface area contributed by atoms with Crippen LogP contribution in [-0.2, 0) is 5.41 Å². The van der Waals surface area contributed by atoms with Crippen LogP contribution in [0.25, 0.3) is 0 Å². The van der Waals surface area contributed by atoms with Crippen LogP contribution in [0.3, 0.4) is 0 Å². The standard InChI is InChI=1S/C16H25N/c1-11(2)17-10-14-9-16(14,5)15-8-12(3)6-7-13(15)4/h6-8,11,14,17H,9-10H2,1-5H3. The number of hydrogen-bond donors (Lipinski definition) is 1. The van der Waals surface area contributed by atoms with Crippen LogP contribution >= 0.6 is 0 Å². The van der Waals surface area contributed by atoms with Crippen LogP contribution in [0, 0.1) is 19.8 Å². The lowest BCUT2D eigenvalue weighted by Gasteiger charge is -2.17. The van der Waals surface area contributed by atoms with Gasteiger partial charge in [0, 0.05) is 6.04 Å². The van der Waals surface area contributed by atoms with Gasteiger partial charge in [0.1, 0.15) is 0 Å². The summed E-state index contributed by atoms with van der Waals surface area (Å²) in [6.07, 6.45) is 1.33. The van der Waals surface area contributed by atoms with Crippen molar-refractivity contribution in [2.45, 2.75) is 52.5 Å². The van der Waals surface area contributed by atoms with Crippen molar-refractivity contribution >= 4 is 0 Å². The molecule has 2 unspecified atom stereocenters. The van der Waals surface area contributed by atoms with Crippen LogP contribution in [0.4, 0.5) is 0 Å². The van der Waals surface area contributed by atoms with E-state index in [1.165, 1.54) is 17.5 Å². The lowest BCUT2D eigenvalue weighted by Crippen LogP contribution is -2.27. The van der Waals surface area contributed by atoms with Gasteiger partial charge in [-0.2, -0.15) is 0 Å². The SMILES string of the molecule is Cc1ccc(C)c(C2(C)CC2CNC(C)C)c1. The number of nitrogens with one attached hydrogen (secondary N) is 1. The Balaban J connectivity index is 2.10. The van der Waals surface area contributed by atoms with E-state index in [-0.39, 0.29) is 0 Å². The monoisotopic (exact) mass is 231 g/mol. The number of aryl methyl sites for hydroxylation is 2. The first-order valence-electron chi connectivity index (χ1n) is 6.74. The molecule has 1 fully saturated rings. The third kappa shape index (κ3) is 2.55. The zero-order valence-corrected chi connectivity index (χ0v) is 11.8. The predicted molar refractivity (Wildman–Crippen MR) is 74.5 cm³/mol. The average molecular weight is 231 g/mol. The Labute approximate surface area is 106 Å². The first kappa shape index (κ1) is 12.6. The fourth-order valence-electron chi connectivity index (χ4n) is 2.81. The molecule has 0 heterocycles. The van der Waals surface area contributed by atoms with Gasteiger partial charge < -0.3 is 5.32 Å². The minimum atomic E-state index is 0.415. The topological polar surface area (TPSA) is 12.0 Å². The third-order valence-electron chi connectivity index (χ3n) is 4.19. The van der Waals surface area contributed by atoms with E-state index in [2.05, 4.69) is 58.1 Å². The highest BCUT2D eigenvalue weighted by atomic mass is 14.9. The molecule has 1 N–H and O–H groups in total. The Morgan fingerprint density at radius 1 is 1.35 bits per heavy atom. The highest BCUT2D eigenvalue weighted by Crippen LogP contribution is 2.54. The molecule has 0 aromatic heterocycles. The van der Waals surface area contributed by atoms with Crippen LogP contribution in [0.2, 0.25) is 0 Å². The van der Waals surface area contributed by atoms with Crippen LogP contribution in [0.1, 0.15) is 43.9 Å². The Bertz CT molecular complexity index is 408. The van der Waals surface area contributed by atoms with Crippen molar-refractivity contribution in [2.75, 3.05) is 6.54 Å². The molecule has 2 rings (SSSR count). The molecule has 1 nitrogen and oxygen atoms in total. The summed E-state index contributed by atoms with van der Waals surface area (Å²) in [5, 5.41) is 3.57. The highest BCUT2D eigenvalue weighted by Gasteiger charge is 2.51. The van der Waals surface area contributed by atoms with Gasteiger partial charge in [0.15, 0.2) is 0 Å². The van der Waals surface area contributed by atoms with Crippen molar-refractivity contribution in [1.29, 1.82) is 0 Å². The van der Waals surface area contributed by atoms with Crippen LogP contribution in [0.5, 0.6) is 0 Å². The molecule has 0 radical (unpaired) electrons. The van der Waals surface area contributed by atoms with Gasteiger partial charge >= 0.3 is 0 Å². The normalized spacial score (nSPS) is 27.5. The van der Waals surface area contributed by atoms with E-state index in [0.717, 1.165) is 12.5 Å². The molecule has 0 bridgehead atoms. The lowest BCUT2D eigenvalue weighted by molar-refractivity contribution is 0.527. The van der Waals surface area contributed by atoms with E-state index in [9.17, 15) is 0 Å². The van der Waals surface area contributed by atoms with Crippen LogP contribution < -0.4 is 5.32 Å². The lowest BCUT2D eigenvalue weighted by atomic mass is 9.90. The molecule has 94 valence electrons. The largest absolute Gasteiger partial charge is 0.314 e. The molecule has 1 aromatic carbocycles. The molecular weight excluding hydrogens is 206 g/mol. The fraction of sp³-hybridized carbons (Fsp3) is 0.625. The summed E-state index contributed by atoms with van der Waals surface area (Å²) in [5.41, 5.74) is 4.81. The van der Waals surface area contributed by atoms with E-state index in [0.29, 0.717) is 11.5 Å². The fourth-order valence-corrected chi connectivity index (χ4v) is 2.81. The maximum atomic E-state index is 3.57. The molecule has 1 aliphatic rings. The molecule has 0 spiro atoms. The first-order valence-corrected chi connectivity index (χ1v) is 6.74. The molecule has 1 heteroatoms. The van der Waals surface area contributed by atoms with Gasteiger partial charge in [-0.05, 0) is 49.3 Å². The molecule has 0 amide bonds. The van der Waals surface area contributed by atoms with Gasteiger partial charge in [-0.3, -0.25) is 0 Å². The van der Waals surface area contributed by atoms with E-state index >= 15 is 0 Å². The molecule has 0 aliphatic heterocycles. The molecule has 1 aliphatic carbocycles. The minimum Gasteiger partial charge on any atom is -0.314 e. The van der Waals surface area contributed by atoms with E-state index in [1.807, 2.05) is 0 Å². The molecule has 0 saturated heterocycles. The molecule has 17 heavy (non-hydrogen) atoms. The summed E-state index contributed by atoms with van der Waals surface area (Å²) >= 11 is 0. The quantitative estimate of drug-likeness (QED) is 0.835. The summed E-state index contributed by atoms with van der Waals surface area (Å²) in [6, 6.07) is 7.45. The molecular formula is C16H25N. The van der Waals surface area contributed by atoms with Gasteiger partial charge in [0.05, 0.1) is 0 Å². The van der Waals surface area contributed by atoms with Crippen molar-refractivity contribution in [3.63, 3.8) is 0 Å². The zero-order valence-electron chi connectivity index (χ0n) is 11.8. The number of benzene rings is 1. The zero-order chi connectivity index (χ0) is 12.6. The second-order valence-corrected chi connectivity index (χ2v) is 6.20. The molecule has 2 atom stereocenters. The molecule has 1 saturated carbocycles. The number of rotatable bonds is 4. The van der Waals surface area contributed by atoms with Crippen molar-refractivity contribution in [3.8, 4) is 0 Å². The van der Waals surface area contributed by atoms with Crippen LogP contribution in [-0.4, -0.2) is 12.6 Å². The number of hydrogen-bond acceptors (Lipinski definition) is 1. The maximum absolute atomic E-state index is 3.57. The Morgan fingerprint density at radius 3 is 2.71 bits per heavy atom. The second-order valence-electron chi connectivity index (χ2n) is 6.20. The summed E-state index contributed by atoms with van der Waals surface area (Å²) < 4.78 is 0. The summed E-state index contributed by atoms with van der Waals surface area (Å²) in [5.74, 6) is 0.811. The van der Waals surface area contributed by atoms with E-state index < -0.39 is 0 Å². The average Bonchev–Trinajstić information content (AvgIpc) is 2.92. The summed E-state index contributed by atoms with van der Waals surface area (Å²) in [4.78, 5) is 0. The van der Waals surface area contributed by atoms with Gasteiger partial charge in [0.2, 0.25) is 0 Å². The summed E-state index contributed by atoms with van der Waals surface area (Å²) in [7, 11) is 0. The predicted octanol–water partition coefficient (Wildman–Crippen LogP) is 3.58. The van der Waals surface area contributed by atoms with E-state index in [1.54, 1.807) is 5.56 Å². The Morgan fingerprint density at radius 2 is 2.06 bits per heavy atom. The van der Waals surface area contributed by atoms with Crippen molar-refractivity contribution in [1.82, 2.24) is 5.32 Å². The Kier molecular flexibility index (Phi) is 3.31. The van der Waals surface area contributed by atoms with Crippen LogP contribution in [0.15, 0.2) is 18.2 Å². The van der Waals surface area contributed by atoms with Crippen molar-refractivity contribution in [2.24, 2.45) is 5.92 Å². The van der Waals surface area contributed by atoms with Gasteiger partial charge in [-0.15, -0.1) is 0 Å². The smallest absolute Gasteiger partial charge is 0.00104 e. The van der Waals surface area contributed by atoms with Gasteiger partial charge in [0.25, 0.3) is 0 Å². The first-order chi connectivity index (χ1) is 7.93. The van der Waals surface area contributed by atoms with Crippen molar-refractivity contribution in [3.05, 3.63) is 34.9 Å². The minimum absolute atomic E-state index is 0.415. The maximum Gasteiger partial charge on any atom is 0.00104 e. The van der Waals surface area contributed by atoms with E-state index in [4.69, 9.17) is 0 Å². The van der Waals surface area contributed by atoms with Crippen molar-refractivity contribution < 1.29 is 0 Å². The molecule has 1 aromatic rings.